The summed E-state index contributed by atoms with van der Waals surface area (Å²) in [6, 6.07) is 15.6. The molecule has 1 aliphatic carbocycles. The van der Waals surface area contributed by atoms with E-state index in [1.54, 1.807) is 42.5 Å². The molecule has 1 aliphatic heterocycles. The largest absolute Gasteiger partial charge is 0.368 e. The molecule has 170 valence electrons. The first-order valence-corrected chi connectivity index (χ1v) is 11.7. The van der Waals surface area contributed by atoms with Gasteiger partial charge in [0.05, 0.1) is 6.61 Å². The zero-order chi connectivity index (χ0) is 22.9. The van der Waals surface area contributed by atoms with E-state index in [4.69, 9.17) is 4.74 Å². The smallest absolute Gasteiger partial charge is 0.167 e. The summed E-state index contributed by atoms with van der Waals surface area (Å²) < 4.78 is 49.1. The van der Waals surface area contributed by atoms with Gasteiger partial charge in [0.2, 0.25) is 0 Å². The Balaban J connectivity index is 1.34. The highest BCUT2D eigenvalue weighted by molar-refractivity contribution is 5.71. The van der Waals surface area contributed by atoms with Crippen molar-refractivity contribution in [1.29, 1.82) is 0 Å². The fraction of sp³-hybridized carbons (Fsp3) is 0.310. The summed E-state index contributed by atoms with van der Waals surface area (Å²) in [7, 11) is 0. The molecule has 33 heavy (non-hydrogen) atoms. The number of hydrogen-bond acceptors (Lipinski definition) is 1. The lowest BCUT2D eigenvalue weighted by Gasteiger charge is -2.27. The van der Waals surface area contributed by atoms with Crippen LogP contribution in [0.25, 0.3) is 22.3 Å². The van der Waals surface area contributed by atoms with E-state index in [1.165, 1.54) is 0 Å². The lowest BCUT2D eigenvalue weighted by molar-refractivity contribution is 0.375. The van der Waals surface area contributed by atoms with E-state index < -0.39 is 11.6 Å². The maximum absolute atomic E-state index is 15.0. The number of hydrogen-bond donors (Lipinski definition) is 0. The lowest BCUT2D eigenvalue weighted by Crippen LogP contribution is -2.12. The van der Waals surface area contributed by atoms with E-state index in [2.05, 4.69) is 19.1 Å². The van der Waals surface area contributed by atoms with Crippen molar-refractivity contribution in [3.05, 3.63) is 95.3 Å². The summed E-state index contributed by atoms with van der Waals surface area (Å²) in [5, 5.41) is 0. The van der Waals surface area contributed by atoms with E-state index in [0.717, 1.165) is 31.2 Å². The Morgan fingerprint density at radius 1 is 0.788 bits per heavy atom. The van der Waals surface area contributed by atoms with Crippen molar-refractivity contribution in [1.82, 2.24) is 0 Å². The number of allylic oxidation sites excluding steroid dienone is 2. The van der Waals surface area contributed by atoms with Gasteiger partial charge >= 0.3 is 0 Å². The first kappa shape index (κ1) is 22.0. The Labute approximate surface area is 192 Å². The quantitative estimate of drug-likeness (QED) is 0.282. The Kier molecular flexibility index (Phi) is 6.11. The van der Waals surface area contributed by atoms with Gasteiger partial charge in [0.25, 0.3) is 0 Å². The van der Waals surface area contributed by atoms with Gasteiger partial charge in [-0.15, -0.1) is 0 Å². The summed E-state index contributed by atoms with van der Waals surface area (Å²) in [5.41, 5.74) is 3.28. The van der Waals surface area contributed by atoms with Gasteiger partial charge in [0, 0.05) is 16.7 Å². The van der Waals surface area contributed by atoms with E-state index in [9.17, 15) is 8.78 Å². The van der Waals surface area contributed by atoms with E-state index in [-0.39, 0.29) is 23.0 Å². The molecule has 1 saturated carbocycles. The van der Waals surface area contributed by atoms with Gasteiger partial charge in [-0.1, -0.05) is 60.7 Å². The first-order chi connectivity index (χ1) is 16.0. The van der Waals surface area contributed by atoms with Gasteiger partial charge in [-0.2, -0.15) is 0 Å². The van der Waals surface area contributed by atoms with Crippen molar-refractivity contribution in [2.24, 2.45) is 5.92 Å². The predicted molar refractivity (Wildman–Crippen MR) is 125 cm³/mol. The molecule has 5 rings (SSSR count). The van der Waals surface area contributed by atoms with E-state index in [1.807, 2.05) is 12.1 Å². The highest BCUT2D eigenvalue weighted by Gasteiger charge is 2.30. The average molecular weight is 449 g/mol. The van der Waals surface area contributed by atoms with Crippen molar-refractivity contribution >= 4 is 0 Å². The van der Waals surface area contributed by atoms with Gasteiger partial charge in [0.1, 0.15) is 11.9 Å². The van der Waals surface area contributed by atoms with Crippen LogP contribution in [-0.2, 0) is 4.74 Å². The molecule has 1 unspecified atom stereocenters. The molecular formula is C29H27F3O. The van der Waals surface area contributed by atoms with Gasteiger partial charge in [-0.25, -0.2) is 13.2 Å². The number of rotatable bonds is 5. The van der Waals surface area contributed by atoms with Crippen LogP contribution in [0.3, 0.4) is 0 Å². The highest BCUT2D eigenvalue weighted by atomic mass is 19.2. The molecule has 1 saturated heterocycles. The fourth-order valence-corrected chi connectivity index (χ4v) is 5.03. The van der Waals surface area contributed by atoms with Crippen LogP contribution >= 0.6 is 0 Å². The second-order valence-corrected chi connectivity index (χ2v) is 9.11. The van der Waals surface area contributed by atoms with Crippen LogP contribution < -0.4 is 0 Å². The first-order valence-electron chi connectivity index (χ1n) is 11.7. The van der Waals surface area contributed by atoms with Crippen LogP contribution in [0.2, 0.25) is 0 Å². The lowest BCUT2D eigenvalue weighted by atomic mass is 9.78. The molecule has 2 aliphatic rings. The molecular weight excluding hydrogens is 421 g/mol. The summed E-state index contributed by atoms with van der Waals surface area (Å²) in [5.74, 6) is -0.942. The van der Waals surface area contributed by atoms with Gasteiger partial charge in [-0.3, -0.25) is 0 Å². The fourth-order valence-electron chi connectivity index (χ4n) is 5.03. The predicted octanol–water partition coefficient (Wildman–Crippen LogP) is 8.36. The third-order valence-electron chi connectivity index (χ3n) is 7.00. The normalized spacial score (nSPS) is 22.6. The third-order valence-corrected chi connectivity index (χ3v) is 7.00. The van der Waals surface area contributed by atoms with Crippen molar-refractivity contribution in [3.8, 4) is 22.3 Å². The monoisotopic (exact) mass is 448 g/mol. The van der Waals surface area contributed by atoms with Gasteiger partial charge in [0.15, 0.2) is 11.6 Å². The number of ether oxygens (including phenoxy) is 1. The van der Waals surface area contributed by atoms with Crippen molar-refractivity contribution in [2.45, 2.75) is 44.6 Å². The zero-order valence-electron chi connectivity index (χ0n) is 18.7. The minimum atomic E-state index is -0.879. The molecule has 0 amide bonds. The second kappa shape index (κ2) is 9.18. The van der Waals surface area contributed by atoms with Crippen molar-refractivity contribution < 1.29 is 17.9 Å². The van der Waals surface area contributed by atoms with Crippen molar-refractivity contribution in [3.63, 3.8) is 0 Å². The minimum Gasteiger partial charge on any atom is -0.368 e. The standard InChI is InChI=1S/C29H27F3O/c1-2-3-18-4-6-19(7-5-18)22-12-13-23(26(30)16-22)20-8-10-21(11-9-20)24-14-15-25(27-17-33-27)29(32)28(24)31/h2-3,8-16,18-19,27H,4-7,17H2,1H3/b3-2+. The van der Waals surface area contributed by atoms with Crippen LogP contribution in [-0.4, -0.2) is 6.61 Å². The Morgan fingerprint density at radius 3 is 2.03 bits per heavy atom. The Hall–Kier alpha value is -2.85. The van der Waals surface area contributed by atoms with E-state index in [0.29, 0.717) is 35.1 Å². The minimum absolute atomic E-state index is 0.188. The van der Waals surface area contributed by atoms with Crippen LogP contribution in [0.5, 0.6) is 0 Å². The van der Waals surface area contributed by atoms with Crippen LogP contribution in [0.4, 0.5) is 13.2 Å². The number of benzene rings is 3. The highest BCUT2D eigenvalue weighted by Crippen LogP contribution is 2.39. The maximum atomic E-state index is 15.0. The molecule has 2 fully saturated rings. The average Bonchev–Trinajstić information content (AvgIpc) is 3.67. The molecule has 0 aromatic heterocycles. The Bertz CT molecular complexity index is 1170. The molecule has 0 spiro atoms. The Morgan fingerprint density at radius 2 is 1.42 bits per heavy atom. The zero-order valence-corrected chi connectivity index (χ0v) is 18.7. The molecule has 0 bridgehead atoms. The summed E-state index contributed by atoms with van der Waals surface area (Å²) in [6.07, 6.45) is 8.50. The van der Waals surface area contributed by atoms with Crippen LogP contribution in [0, 0.1) is 23.4 Å². The van der Waals surface area contributed by atoms with Crippen LogP contribution in [0.15, 0.2) is 66.7 Å². The molecule has 0 N–H and O–H groups in total. The van der Waals surface area contributed by atoms with E-state index >= 15 is 4.39 Å². The molecule has 0 radical (unpaired) electrons. The molecule has 1 atom stereocenters. The van der Waals surface area contributed by atoms with Gasteiger partial charge in [-0.05, 0) is 67.2 Å². The summed E-state index contributed by atoms with van der Waals surface area (Å²) >= 11 is 0. The summed E-state index contributed by atoms with van der Waals surface area (Å²) in [4.78, 5) is 0. The second-order valence-electron chi connectivity index (χ2n) is 9.11. The van der Waals surface area contributed by atoms with Crippen molar-refractivity contribution in [2.75, 3.05) is 6.61 Å². The van der Waals surface area contributed by atoms with Crippen LogP contribution in [0.1, 0.15) is 55.8 Å². The molecule has 4 heteroatoms. The summed E-state index contributed by atoms with van der Waals surface area (Å²) in [6.45, 7) is 2.48. The topological polar surface area (TPSA) is 12.5 Å². The molecule has 1 nitrogen and oxygen atoms in total. The SMILES string of the molecule is C/C=C/C1CCC(c2ccc(-c3ccc(-c4ccc(C5CO5)c(F)c4F)cc3)c(F)c2)CC1. The molecule has 3 aromatic carbocycles. The molecule has 1 heterocycles. The molecule has 3 aromatic rings. The number of epoxide rings is 1. The number of halogens is 3. The third kappa shape index (κ3) is 4.49. The van der Waals surface area contributed by atoms with Gasteiger partial charge < -0.3 is 4.74 Å². The maximum Gasteiger partial charge on any atom is 0.167 e.